The Morgan fingerprint density at radius 1 is 0.566 bits per heavy atom. The Morgan fingerprint density at radius 2 is 0.887 bits per heavy atom. The molecular weight excluding hydrogens is 678 g/mol. The van der Waals surface area contributed by atoms with Crippen LogP contribution in [-0.4, -0.2) is 79.4 Å². The molecule has 3 heterocycles. The van der Waals surface area contributed by atoms with Crippen LogP contribution in [0.4, 0.5) is 4.79 Å². The van der Waals surface area contributed by atoms with Crippen LogP contribution in [0.2, 0.25) is 0 Å². The Hall–Kier alpha value is -4.04. The summed E-state index contributed by atoms with van der Waals surface area (Å²) in [5.41, 5.74) is 0.0214. The van der Waals surface area contributed by atoms with Crippen molar-refractivity contribution in [1.29, 1.82) is 0 Å². The van der Waals surface area contributed by atoms with Gasteiger partial charge in [-0.3, -0.25) is 29.8 Å². The SMILES string of the molecule is CC1(C)OB(c2ccc(CC(=O)NCCCC3(CCCNC(=O)Cc4ccc(B5OC(C)(C)C(C)(C)O5)cc4)C(=O)NC(=O)NC3=O)cc2)OC1(C)C. The van der Waals surface area contributed by atoms with E-state index >= 15 is 0 Å². The molecule has 0 bridgehead atoms. The molecule has 0 aromatic heterocycles. The lowest BCUT2D eigenvalue weighted by Gasteiger charge is -2.34. The second-order valence-corrected chi connectivity index (χ2v) is 16.2. The zero-order valence-corrected chi connectivity index (χ0v) is 32.1. The molecule has 284 valence electrons. The summed E-state index contributed by atoms with van der Waals surface area (Å²) in [6.07, 6.45) is 1.13. The molecule has 53 heavy (non-hydrogen) atoms. The van der Waals surface area contributed by atoms with Gasteiger partial charge in [-0.15, -0.1) is 0 Å². The van der Waals surface area contributed by atoms with Crippen LogP contribution in [0.15, 0.2) is 48.5 Å². The van der Waals surface area contributed by atoms with Crippen molar-refractivity contribution in [3.8, 4) is 0 Å². The molecule has 4 N–H and O–H groups in total. The van der Waals surface area contributed by atoms with E-state index in [4.69, 9.17) is 18.6 Å². The number of benzene rings is 2. The highest BCUT2D eigenvalue weighted by molar-refractivity contribution is 6.62. The van der Waals surface area contributed by atoms with Crippen LogP contribution < -0.4 is 32.2 Å². The largest absolute Gasteiger partial charge is 0.494 e. The maximum absolute atomic E-state index is 13.1. The second kappa shape index (κ2) is 15.4. The average Bonchev–Trinajstić information content (AvgIpc) is 3.43. The monoisotopic (exact) mass is 730 g/mol. The number of urea groups is 1. The van der Waals surface area contributed by atoms with Crippen LogP contribution in [0.3, 0.4) is 0 Å². The predicted molar refractivity (Wildman–Crippen MR) is 200 cm³/mol. The van der Waals surface area contributed by atoms with Gasteiger partial charge >= 0.3 is 20.3 Å². The van der Waals surface area contributed by atoms with Gasteiger partial charge in [0.2, 0.25) is 23.6 Å². The summed E-state index contributed by atoms with van der Waals surface area (Å²) in [6.45, 7) is 16.4. The van der Waals surface area contributed by atoms with Gasteiger partial charge in [0.05, 0.1) is 35.2 Å². The summed E-state index contributed by atoms with van der Waals surface area (Å²) < 4.78 is 24.4. The van der Waals surface area contributed by atoms with Gasteiger partial charge in [-0.25, -0.2) is 4.79 Å². The van der Waals surface area contributed by atoms with Gasteiger partial charge in [-0.1, -0.05) is 48.5 Å². The molecule has 3 aliphatic rings. The minimum atomic E-state index is -1.52. The highest BCUT2D eigenvalue weighted by Crippen LogP contribution is 2.37. The topological polar surface area (TPSA) is 170 Å². The highest BCUT2D eigenvalue weighted by Gasteiger charge is 2.53. The number of barbiturate groups is 1. The minimum absolute atomic E-state index is 0.101. The third-order valence-electron chi connectivity index (χ3n) is 11.3. The number of rotatable bonds is 14. The number of nitrogens with one attached hydrogen (secondary N) is 4. The first kappa shape index (κ1) is 40.2. The maximum Gasteiger partial charge on any atom is 0.494 e. The van der Waals surface area contributed by atoms with E-state index in [0.717, 1.165) is 22.1 Å². The van der Waals surface area contributed by atoms with Gasteiger partial charge in [0.15, 0.2) is 0 Å². The lowest BCUT2D eigenvalue weighted by Crippen LogP contribution is -2.62. The fourth-order valence-corrected chi connectivity index (χ4v) is 6.43. The fourth-order valence-electron chi connectivity index (χ4n) is 6.43. The van der Waals surface area contributed by atoms with Crippen LogP contribution in [0.5, 0.6) is 0 Å². The summed E-state index contributed by atoms with van der Waals surface area (Å²) in [5.74, 6) is -1.79. The van der Waals surface area contributed by atoms with E-state index in [-0.39, 0.29) is 50.6 Å². The van der Waals surface area contributed by atoms with Crippen LogP contribution in [0, 0.1) is 5.41 Å². The number of carbonyl (C=O) groups is 5. The van der Waals surface area contributed by atoms with Crippen molar-refractivity contribution in [3.63, 3.8) is 0 Å². The molecule has 0 saturated carbocycles. The molecular formula is C38H52B2N4O9. The normalized spacial score (nSPS) is 20.9. The predicted octanol–water partition coefficient (Wildman–Crippen LogP) is 2.22. The number of hydrogen-bond acceptors (Lipinski definition) is 9. The van der Waals surface area contributed by atoms with E-state index in [1.54, 1.807) is 0 Å². The maximum atomic E-state index is 13.1. The third-order valence-corrected chi connectivity index (χ3v) is 11.3. The Morgan fingerprint density at radius 3 is 1.21 bits per heavy atom. The van der Waals surface area contributed by atoms with E-state index in [9.17, 15) is 24.0 Å². The van der Waals surface area contributed by atoms with E-state index < -0.39 is 59.9 Å². The molecule has 0 atom stereocenters. The fraction of sp³-hybridized carbons (Fsp3) is 0.553. The second-order valence-electron chi connectivity index (χ2n) is 16.2. The van der Waals surface area contributed by atoms with Crippen LogP contribution >= 0.6 is 0 Å². The average molecular weight is 730 g/mol. The van der Waals surface area contributed by atoms with Gasteiger partial charge in [0.1, 0.15) is 5.41 Å². The van der Waals surface area contributed by atoms with Crippen LogP contribution in [0.25, 0.3) is 0 Å². The number of carbonyl (C=O) groups excluding carboxylic acids is 5. The lowest BCUT2D eigenvalue weighted by atomic mass is 9.76. The standard InChI is InChI=1S/C38H52B2N4O9/c1-34(2)35(3,4)51-39(50-34)27-15-11-25(12-16-27)23-29(45)41-21-9-19-38(31(47)43-33(49)44-32(38)48)20-10-22-42-30(46)24-26-13-17-28(18-14-26)40-52-36(5,6)37(7,8)53-40/h11-18H,9-10,19-24H2,1-8H3,(H,41,45)(H,42,46)(H2,43,44,47,48,49). The minimum Gasteiger partial charge on any atom is -0.399 e. The molecule has 2 aromatic carbocycles. The highest BCUT2D eigenvalue weighted by atomic mass is 16.7. The van der Waals surface area contributed by atoms with Crippen molar-refractivity contribution in [2.75, 3.05) is 13.1 Å². The molecule has 0 unspecified atom stereocenters. The van der Waals surface area contributed by atoms with E-state index in [1.165, 1.54) is 0 Å². The molecule has 0 radical (unpaired) electrons. The first-order chi connectivity index (χ1) is 24.7. The van der Waals surface area contributed by atoms with Gasteiger partial charge in [-0.05, 0) is 103 Å². The molecule has 5 rings (SSSR count). The van der Waals surface area contributed by atoms with Crippen molar-refractivity contribution >= 4 is 54.8 Å². The Balaban J connectivity index is 1.06. The van der Waals surface area contributed by atoms with Crippen molar-refractivity contribution in [1.82, 2.24) is 21.3 Å². The molecule has 3 fully saturated rings. The van der Waals surface area contributed by atoms with Gasteiger partial charge in [-0.2, -0.15) is 0 Å². The van der Waals surface area contributed by atoms with Gasteiger partial charge in [0.25, 0.3) is 0 Å². The lowest BCUT2D eigenvalue weighted by molar-refractivity contribution is -0.145. The van der Waals surface area contributed by atoms with E-state index in [0.29, 0.717) is 12.8 Å². The molecule has 13 nitrogen and oxygen atoms in total. The summed E-state index contributed by atoms with van der Waals surface area (Å²) >= 11 is 0. The molecule has 3 saturated heterocycles. The van der Waals surface area contributed by atoms with Gasteiger partial charge in [0, 0.05) is 13.1 Å². The quantitative estimate of drug-likeness (QED) is 0.129. The van der Waals surface area contributed by atoms with Crippen molar-refractivity contribution in [2.45, 2.75) is 116 Å². The molecule has 15 heteroatoms. The van der Waals surface area contributed by atoms with Gasteiger partial charge < -0.3 is 29.3 Å². The zero-order chi connectivity index (χ0) is 38.8. The molecule has 3 aliphatic heterocycles. The number of imide groups is 2. The summed E-state index contributed by atoms with van der Waals surface area (Å²) in [5, 5.41) is 10.1. The molecule has 2 aromatic rings. The first-order valence-electron chi connectivity index (χ1n) is 18.3. The Kier molecular flexibility index (Phi) is 11.6. The number of hydrogen-bond donors (Lipinski definition) is 4. The van der Waals surface area contributed by atoms with Crippen molar-refractivity contribution in [3.05, 3.63) is 59.7 Å². The van der Waals surface area contributed by atoms with E-state index in [1.807, 2.05) is 104 Å². The summed E-state index contributed by atoms with van der Waals surface area (Å²) in [7, 11) is -0.984. The molecule has 0 aliphatic carbocycles. The molecule has 6 amide bonds. The Bertz CT molecular complexity index is 1560. The Labute approximate surface area is 312 Å². The first-order valence-corrected chi connectivity index (χ1v) is 18.3. The van der Waals surface area contributed by atoms with Crippen molar-refractivity contribution < 1.29 is 42.6 Å². The van der Waals surface area contributed by atoms with Crippen LogP contribution in [-0.2, 0) is 50.6 Å². The van der Waals surface area contributed by atoms with E-state index in [2.05, 4.69) is 21.3 Å². The van der Waals surface area contributed by atoms with Crippen LogP contribution in [0.1, 0.15) is 92.2 Å². The summed E-state index contributed by atoms with van der Waals surface area (Å²) in [6, 6.07) is 14.1. The molecule has 0 spiro atoms. The summed E-state index contributed by atoms with van der Waals surface area (Å²) in [4.78, 5) is 63.5. The third kappa shape index (κ3) is 9.02. The smallest absolute Gasteiger partial charge is 0.399 e. The van der Waals surface area contributed by atoms with Crippen molar-refractivity contribution in [2.24, 2.45) is 5.41 Å². The number of amides is 6. The zero-order valence-electron chi connectivity index (χ0n) is 32.1.